The summed E-state index contributed by atoms with van der Waals surface area (Å²) in [6.45, 7) is 11.2. The van der Waals surface area contributed by atoms with Gasteiger partial charge in [-0.2, -0.15) is 5.26 Å². The van der Waals surface area contributed by atoms with Crippen LogP contribution < -0.4 is 14.2 Å². The number of carbonyl (C=O) groups excluding carboxylic acids is 8. The standard InChI is InChI=1S/C62H64N2O18S/c1-5-52(65)76-36-49(78-54(67)7-3)34-74-45-22-26-47(27-23-45)80-60(70)42-15-13-41(14-16-42)59(69)73-32-31-39-21-30-51(56-57(39)83-58(64-56)40-11-9-38(33-63)10-12-40)82-62(72)44-19-17-43(18-20-44)61(71)81-48-28-24-46(25-29-48)75-35-50(79-55(68)8-4)37-77-53(66)6-2/h5,7-12,21-22,24-26,28-30,41-44,49-50H,1,3-4,6,13-20,23,27,31-32,34-37H2,2H3/t41?,42?,43?,44?,49?,50-/m1/s1. The summed E-state index contributed by atoms with van der Waals surface area (Å²) in [5.41, 5.74) is 2.52. The molecule has 2 fully saturated rings. The molecule has 1 unspecified atom stereocenters. The highest BCUT2D eigenvalue weighted by atomic mass is 32.1. The summed E-state index contributed by atoms with van der Waals surface area (Å²) in [5.74, 6) is -3.92. The molecule has 0 aliphatic heterocycles. The third-order valence-corrected chi connectivity index (χ3v) is 15.1. The first kappa shape index (κ1) is 61.7. The van der Waals surface area contributed by atoms with E-state index in [1.165, 1.54) is 11.3 Å². The smallest absolute Gasteiger partial charge is 0.330 e. The van der Waals surface area contributed by atoms with E-state index in [1.54, 1.807) is 73.7 Å². The number of carbonyl (C=O) groups is 8. The Labute approximate surface area is 483 Å². The van der Waals surface area contributed by atoms with Gasteiger partial charge in [-0.3, -0.25) is 24.0 Å². The third-order valence-electron chi connectivity index (χ3n) is 13.9. The Morgan fingerprint density at radius 2 is 1.13 bits per heavy atom. The first-order valence-corrected chi connectivity index (χ1v) is 28.1. The van der Waals surface area contributed by atoms with E-state index >= 15 is 0 Å². The summed E-state index contributed by atoms with van der Waals surface area (Å²) in [6.07, 6.45) is 9.16. The topological polar surface area (TPSA) is 266 Å². The molecule has 436 valence electrons. The molecule has 4 aromatic rings. The van der Waals surface area contributed by atoms with Crippen molar-refractivity contribution in [1.82, 2.24) is 4.98 Å². The fraction of sp³-hybridized carbons (Fsp3) is 0.387. The summed E-state index contributed by atoms with van der Waals surface area (Å²) in [7, 11) is 0. The number of nitrogens with zero attached hydrogens (tertiary/aromatic N) is 2. The molecule has 1 heterocycles. The monoisotopic (exact) mass is 1160 g/mol. The number of benzene rings is 3. The highest BCUT2D eigenvalue weighted by Gasteiger charge is 2.35. The van der Waals surface area contributed by atoms with Crippen molar-refractivity contribution in [1.29, 1.82) is 5.26 Å². The largest absolute Gasteiger partial charge is 0.494 e. The molecule has 3 aromatic carbocycles. The minimum Gasteiger partial charge on any atom is -0.494 e. The van der Waals surface area contributed by atoms with Crippen molar-refractivity contribution < 1.29 is 85.7 Å². The van der Waals surface area contributed by atoms with Gasteiger partial charge in [0.1, 0.15) is 54.2 Å². The number of nitriles is 1. The second-order valence-electron chi connectivity index (χ2n) is 19.6. The number of allylic oxidation sites excluding steroid dienone is 4. The molecule has 3 aliphatic rings. The van der Waals surface area contributed by atoms with E-state index in [4.69, 9.17) is 52.4 Å². The van der Waals surface area contributed by atoms with E-state index < -0.39 is 71.7 Å². The van der Waals surface area contributed by atoms with Gasteiger partial charge in [0.05, 0.1) is 52.4 Å². The van der Waals surface area contributed by atoms with E-state index in [0.29, 0.717) is 104 Å². The summed E-state index contributed by atoms with van der Waals surface area (Å²) in [5, 5.41) is 10.0. The zero-order valence-corrected chi connectivity index (χ0v) is 46.7. The van der Waals surface area contributed by atoms with Crippen LogP contribution in [0.15, 0.2) is 122 Å². The number of hydrogen-bond acceptors (Lipinski definition) is 21. The maximum atomic E-state index is 13.8. The van der Waals surface area contributed by atoms with Crippen LogP contribution >= 0.6 is 11.3 Å². The second-order valence-corrected chi connectivity index (χ2v) is 20.6. The van der Waals surface area contributed by atoms with E-state index in [2.05, 4.69) is 25.8 Å². The molecule has 21 heteroatoms. The quantitative estimate of drug-likeness (QED) is 0.0233. The van der Waals surface area contributed by atoms with Gasteiger partial charge >= 0.3 is 47.8 Å². The second kappa shape index (κ2) is 30.8. The molecule has 0 radical (unpaired) electrons. The van der Waals surface area contributed by atoms with Crippen LogP contribution in [0.5, 0.6) is 17.2 Å². The van der Waals surface area contributed by atoms with Gasteiger partial charge < -0.3 is 47.4 Å². The molecule has 2 atom stereocenters. The van der Waals surface area contributed by atoms with Gasteiger partial charge in [0, 0.05) is 49.5 Å². The molecule has 0 spiro atoms. The molecule has 7 rings (SSSR count). The Kier molecular flexibility index (Phi) is 22.9. The van der Waals surface area contributed by atoms with Crippen molar-refractivity contribution in [3.05, 3.63) is 133 Å². The van der Waals surface area contributed by atoms with Crippen molar-refractivity contribution in [2.24, 2.45) is 23.7 Å². The van der Waals surface area contributed by atoms with Crippen LogP contribution in [0.2, 0.25) is 0 Å². The van der Waals surface area contributed by atoms with Gasteiger partial charge in [0.25, 0.3) is 0 Å². The number of rotatable bonds is 27. The molecule has 0 amide bonds. The van der Waals surface area contributed by atoms with Crippen molar-refractivity contribution in [3.63, 3.8) is 0 Å². The van der Waals surface area contributed by atoms with Gasteiger partial charge in [0.15, 0.2) is 18.0 Å². The van der Waals surface area contributed by atoms with Crippen molar-refractivity contribution in [2.75, 3.05) is 33.0 Å². The lowest BCUT2D eigenvalue weighted by Gasteiger charge is -2.26. The summed E-state index contributed by atoms with van der Waals surface area (Å²) in [4.78, 5) is 105. The molecule has 0 saturated heterocycles. The van der Waals surface area contributed by atoms with E-state index in [1.807, 2.05) is 6.07 Å². The average molecular weight is 1160 g/mol. The molecule has 0 N–H and O–H groups in total. The van der Waals surface area contributed by atoms with Gasteiger partial charge in [-0.25, -0.2) is 19.4 Å². The highest BCUT2D eigenvalue weighted by molar-refractivity contribution is 7.21. The Balaban J connectivity index is 0.877. The number of esters is 8. The lowest BCUT2D eigenvalue weighted by Crippen LogP contribution is -2.30. The van der Waals surface area contributed by atoms with Crippen LogP contribution in [0.3, 0.4) is 0 Å². The zero-order valence-electron chi connectivity index (χ0n) is 45.9. The molecular formula is C62H64N2O18S. The van der Waals surface area contributed by atoms with Gasteiger partial charge in [-0.15, -0.1) is 11.3 Å². The normalized spacial score (nSPS) is 18.1. The predicted molar refractivity (Wildman–Crippen MR) is 299 cm³/mol. The maximum absolute atomic E-state index is 13.8. The van der Waals surface area contributed by atoms with Gasteiger partial charge in [-0.1, -0.05) is 44.9 Å². The van der Waals surface area contributed by atoms with E-state index in [-0.39, 0.29) is 62.9 Å². The van der Waals surface area contributed by atoms with Crippen LogP contribution in [0.4, 0.5) is 0 Å². The summed E-state index contributed by atoms with van der Waals surface area (Å²) >= 11 is 1.38. The molecule has 3 aliphatic carbocycles. The number of aromatic nitrogens is 1. The average Bonchev–Trinajstić information content (AvgIpc) is 4.10. The van der Waals surface area contributed by atoms with E-state index in [9.17, 15) is 43.6 Å². The first-order valence-electron chi connectivity index (χ1n) is 27.3. The SMILES string of the molecule is C=CC(=O)OCC(COC1=CC=C(OC(=O)C2CCC(C(=O)OCCc3ccc(OC(=O)C4CCC(C(=O)Oc5ccc(OC[C@H](COC(=O)CC)OC(=O)C=C)cc5)CC4)c4nc(-c5ccc(C#N)cc5)sc34)CC2)CC1)OC(=O)C=C. The molecule has 83 heavy (non-hydrogen) atoms. The number of ether oxygens (including phenoxy) is 10. The number of fused-ring (bicyclic) bond motifs is 1. The maximum Gasteiger partial charge on any atom is 0.330 e. The Bertz CT molecular complexity index is 3140. The number of thiazole rings is 1. The van der Waals surface area contributed by atoms with Crippen molar-refractivity contribution in [2.45, 2.75) is 96.2 Å². The summed E-state index contributed by atoms with van der Waals surface area (Å²) in [6, 6.07) is 18.9. The molecular weight excluding hydrogens is 1090 g/mol. The van der Waals surface area contributed by atoms with Gasteiger partial charge in [-0.05, 0) is 112 Å². The zero-order chi connectivity index (χ0) is 59.3. The molecule has 0 bridgehead atoms. The molecule has 20 nitrogen and oxygen atoms in total. The van der Waals surface area contributed by atoms with Crippen LogP contribution in [0, 0.1) is 35.0 Å². The van der Waals surface area contributed by atoms with Gasteiger partial charge in [0.2, 0.25) is 0 Å². The Morgan fingerprint density at radius 3 is 1.70 bits per heavy atom. The van der Waals surface area contributed by atoms with E-state index in [0.717, 1.165) is 34.1 Å². The third kappa shape index (κ3) is 18.3. The van der Waals surface area contributed by atoms with Crippen LogP contribution in [0.1, 0.15) is 88.7 Å². The van der Waals surface area contributed by atoms with Crippen LogP contribution in [0.25, 0.3) is 20.8 Å². The Hall–Kier alpha value is -8.90. The van der Waals surface area contributed by atoms with Crippen molar-refractivity contribution in [3.8, 4) is 33.9 Å². The minimum atomic E-state index is -0.886. The van der Waals surface area contributed by atoms with Crippen LogP contribution in [-0.2, 0) is 77.9 Å². The summed E-state index contributed by atoms with van der Waals surface area (Å²) < 4.78 is 56.1. The minimum absolute atomic E-state index is 0.0680. The molecule has 2 saturated carbocycles. The fourth-order valence-corrected chi connectivity index (χ4v) is 10.3. The lowest BCUT2D eigenvalue weighted by molar-refractivity contribution is -0.157. The van der Waals surface area contributed by atoms with Crippen molar-refractivity contribution >= 4 is 69.3 Å². The highest BCUT2D eigenvalue weighted by Crippen LogP contribution is 2.40. The van der Waals surface area contributed by atoms with Crippen LogP contribution in [-0.4, -0.2) is 98.0 Å². The molecule has 1 aromatic heterocycles. The first-order chi connectivity index (χ1) is 40.1. The predicted octanol–water partition coefficient (Wildman–Crippen LogP) is 9.42. The fourth-order valence-electron chi connectivity index (χ4n) is 9.21. The number of hydrogen-bond donors (Lipinski definition) is 0. The lowest BCUT2D eigenvalue weighted by atomic mass is 9.82. The Morgan fingerprint density at radius 1 is 0.602 bits per heavy atom.